The number of nitrogens with one attached hydrogen (secondary N) is 3. The molecular formula is C41H67N5O6. The van der Waals surface area contributed by atoms with Gasteiger partial charge in [0.25, 0.3) is 0 Å². The Balaban J connectivity index is 1.24. The number of rotatable bonds is 12. The summed E-state index contributed by atoms with van der Waals surface area (Å²) in [6.45, 7) is 15.4. The number of carboxylic acid groups (broad SMARTS) is 1. The molecule has 4 N–H and O–H groups in total. The maximum Gasteiger partial charge on any atom is 0.326 e. The third-order valence-corrected chi connectivity index (χ3v) is 15.2. The van der Waals surface area contributed by atoms with E-state index >= 15 is 0 Å². The van der Waals surface area contributed by atoms with Gasteiger partial charge in [0.15, 0.2) is 0 Å². The minimum atomic E-state index is -1.04. The molecule has 0 aromatic heterocycles. The zero-order valence-electron chi connectivity index (χ0n) is 32.9. The second-order valence-corrected chi connectivity index (χ2v) is 19.2. The summed E-state index contributed by atoms with van der Waals surface area (Å²) < 4.78 is 0. The maximum absolute atomic E-state index is 15.0. The van der Waals surface area contributed by atoms with Crippen molar-refractivity contribution in [3.8, 4) is 0 Å². The van der Waals surface area contributed by atoms with E-state index < -0.39 is 41.5 Å². The van der Waals surface area contributed by atoms with Crippen LogP contribution in [0.3, 0.4) is 0 Å². The predicted molar refractivity (Wildman–Crippen MR) is 199 cm³/mol. The van der Waals surface area contributed by atoms with Crippen LogP contribution in [-0.4, -0.2) is 94.9 Å². The van der Waals surface area contributed by atoms with Gasteiger partial charge in [0.1, 0.15) is 24.2 Å². The molecule has 52 heavy (non-hydrogen) atoms. The van der Waals surface area contributed by atoms with Gasteiger partial charge in [-0.05, 0) is 92.5 Å². The van der Waals surface area contributed by atoms with Gasteiger partial charge in [-0.3, -0.25) is 19.2 Å². The van der Waals surface area contributed by atoms with E-state index in [4.69, 9.17) is 0 Å². The standard InChI is InChI=1S/C41H67N5O6/c1-7-45-21-12-18-28(24-45)33(47)43-31(27-16-9-8-10-17-27)35(49)44-32(38(2,3)4)36(50)46-25-41(39(5,6)40(41)19-13-20-40)23-30(46)34(48)42-29(37(51)52)22-26-14-11-15-26/h26-32H,7-25H2,1-6H3,(H,42,48)(H,43,47)(H,44,49)(H,51,52)/t28-,29?,30-,31-,32-,41?/m0/s1. The summed E-state index contributed by atoms with van der Waals surface area (Å²) >= 11 is 0. The fourth-order valence-electron chi connectivity index (χ4n) is 11.4. The van der Waals surface area contributed by atoms with Gasteiger partial charge < -0.3 is 30.9 Å². The second kappa shape index (κ2) is 14.9. The van der Waals surface area contributed by atoms with Crippen LogP contribution >= 0.6 is 0 Å². The Labute approximate surface area is 311 Å². The molecule has 0 aromatic rings. The lowest BCUT2D eigenvalue weighted by Gasteiger charge is -2.38. The third kappa shape index (κ3) is 7.01. The van der Waals surface area contributed by atoms with Crippen molar-refractivity contribution >= 4 is 29.6 Å². The van der Waals surface area contributed by atoms with Gasteiger partial charge in [-0.1, -0.05) is 86.5 Å². The molecule has 2 aliphatic heterocycles. The molecule has 6 atom stereocenters. The molecule has 2 heterocycles. The van der Waals surface area contributed by atoms with Crippen molar-refractivity contribution in [2.75, 3.05) is 26.2 Å². The Morgan fingerprint density at radius 1 is 0.827 bits per heavy atom. The molecule has 11 heteroatoms. The van der Waals surface area contributed by atoms with Crippen molar-refractivity contribution in [2.45, 2.75) is 162 Å². The number of hydrogen-bond donors (Lipinski definition) is 4. The monoisotopic (exact) mass is 726 g/mol. The lowest BCUT2D eigenvalue weighted by Crippen LogP contribution is -2.62. The first kappa shape index (κ1) is 39.0. The van der Waals surface area contributed by atoms with E-state index in [-0.39, 0.29) is 51.7 Å². The summed E-state index contributed by atoms with van der Waals surface area (Å²) in [4.78, 5) is 73.8. The number of amides is 4. The van der Waals surface area contributed by atoms with Gasteiger partial charge in [0.05, 0.1) is 5.92 Å². The van der Waals surface area contributed by atoms with E-state index in [1.165, 1.54) is 0 Å². The second-order valence-electron chi connectivity index (χ2n) is 19.2. The Kier molecular flexibility index (Phi) is 11.1. The molecule has 0 bridgehead atoms. The lowest BCUT2D eigenvalue weighted by molar-refractivity contribution is -0.146. The van der Waals surface area contributed by atoms with E-state index in [0.29, 0.717) is 25.9 Å². The van der Waals surface area contributed by atoms with Crippen molar-refractivity contribution in [1.29, 1.82) is 0 Å². The van der Waals surface area contributed by atoms with Crippen LogP contribution in [0.4, 0.5) is 0 Å². The van der Waals surface area contributed by atoms with Crippen LogP contribution in [0.5, 0.6) is 0 Å². The van der Waals surface area contributed by atoms with Crippen LogP contribution < -0.4 is 16.0 Å². The van der Waals surface area contributed by atoms with Crippen LogP contribution in [0.2, 0.25) is 0 Å². The molecule has 4 saturated carbocycles. The number of hydrogen-bond acceptors (Lipinski definition) is 6. The van der Waals surface area contributed by atoms with Gasteiger partial charge in [-0.15, -0.1) is 0 Å². The Morgan fingerprint density at radius 3 is 2.06 bits per heavy atom. The van der Waals surface area contributed by atoms with Crippen molar-refractivity contribution in [2.24, 2.45) is 39.4 Å². The Morgan fingerprint density at radius 2 is 1.52 bits per heavy atom. The number of carbonyl (C=O) groups is 5. The van der Waals surface area contributed by atoms with E-state index in [2.05, 4.69) is 41.6 Å². The van der Waals surface area contributed by atoms with E-state index in [9.17, 15) is 29.1 Å². The number of likely N-dealkylation sites (tertiary alicyclic amines) is 2. The summed E-state index contributed by atoms with van der Waals surface area (Å²) in [6.07, 6.45) is 13.7. The minimum Gasteiger partial charge on any atom is -0.480 e. The topological polar surface area (TPSA) is 148 Å². The van der Waals surface area contributed by atoms with Crippen molar-refractivity contribution in [3.05, 3.63) is 0 Å². The minimum absolute atomic E-state index is 0.0118. The molecule has 2 unspecified atom stereocenters. The van der Waals surface area contributed by atoms with Crippen LogP contribution in [0.15, 0.2) is 0 Å². The average Bonchev–Trinajstić information content (AvgIpc) is 3.28. The fraction of sp³-hybridized carbons (Fsp3) is 0.878. The molecule has 2 saturated heterocycles. The first-order chi connectivity index (χ1) is 24.5. The van der Waals surface area contributed by atoms with E-state index in [1.807, 2.05) is 20.8 Å². The highest BCUT2D eigenvalue weighted by Gasteiger charge is 2.85. The van der Waals surface area contributed by atoms with Crippen molar-refractivity contribution in [1.82, 2.24) is 25.8 Å². The third-order valence-electron chi connectivity index (χ3n) is 15.2. The molecule has 2 spiro atoms. The summed E-state index contributed by atoms with van der Waals surface area (Å²) in [5.41, 5.74) is -0.932. The maximum atomic E-state index is 15.0. The zero-order chi connectivity index (χ0) is 37.6. The quantitative estimate of drug-likeness (QED) is 0.225. The molecule has 11 nitrogen and oxygen atoms in total. The molecule has 0 radical (unpaired) electrons. The molecule has 4 aliphatic carbocycles. The molecule has 6 rings (SSSR count). The van der Waals surface area contributed by atoms with Crippen LogP contribution in [0.1, 0.15) is 138 Å². The summed E-state index contributed by atoms with van der Waals surface area (Å²) in [5.74, 6) is -2.07. The lowest BCUT2D eigenvalue weighted by atomic mass is 9.73. The molecule has 4 amide bonds. The summed E-state index contributed by atoms with van der Waals surface area (Å²) in [7, 11) is 0. The highest BCUT2D eigenvalue weighted by Crippen LogP contribution is 2.88. The normalized spacial score (nSPS) is 30.5. The smallest absolute Gasteiger partial charge is 0.326 e. The number of aliphatic carboxylic acids is 1. The van der Waals surface area contributed by atoms with Gasteiger partial charge in [-0.2, -0.15) is 0 Å². The van der Waals surface area contributed by atoms with Gasteiger partial charge in [0.2, 0.25) is 23.6 Å². The largest absolute Gasteiger partial charge is 0.480 e. The number of carbonyl (C=O) groups excluding carboxylic acids is 4. The number of nitrogens with zero attached hydrogens (tertiary/aromatic N) is 2. The first-order valence-electron chi connectivity index (χ1n) is 20.7. The Bertz CT molecular complexity index is 1380. The molecule has 6 aliphatic rings. The van der Waals surface area contributed by atoms with Crippen molar-refractivity contribution < 1.29 is 29.1 Å². The SMILES string of the molecule is CCN1CCC[C@H](C(=O)N[C@H](C(=O)N[C@@H](C(=O)N2CC3(C[C@H]2C(=O)NC(CC2CCC2)C(=O)O)C(C)(C)C32CCC2)C(C)(C)C)C2CCCCC2)C1. The van der Waals surface area contributed by atoms with Crippen LogP contribution in [0, 0.1) is 39.4 Å². The molecule has 6 fully saturated rings. The highest BCUT2D eigenvalue weighted by atomic mass is 16.4. The van der Waals surface area contributed by atoms with Gasteiger partial charge in [0, 0.05) is 18.5 Å². The highest BCUT2D eigenvalue weighted by molar-refractivity contribution is 5.96. The van der Waals surface area contributed by atoms with Gasteiger partial charge in [-0.25, -0.2) is 4.79 Å². The molecular weight excluding hydrogens is 658 g/mol. The summed E-state index contributed by atoms with van der Waals surface area (Å²) in [5, 5.41) is 19.3. The fourth-order valence-corrected chi connectivity index (χ4v) is 11.4. The number of piperidine rings is 1. The van der Waals surface area contributed by atoms with Crippen LogP contribution in [0.25, 0.3) is 0 Å². The van der Waals surface area contributed by atoms with Crippen LogP contribution in [-0.2, 0) is 24.0 Å². The van der Waals surface area contributed by atoms with E-state index in [1.54, 1.807) is 4.90 Å². The zero-order valence-corrected chi connectivity index (χ0v) is 32.9. The molecule has 292 valence electrons. The molecule has 0 aromatic carbocycles. The number of carboxylic acids is 1. The average molecular weight is 726 g/mol. The predicted octanol–water partition coefficient (Wildman–Crippen LogP) is 4.87. The summed E-state index contributed by atoms with van der Waals surface area (Å²) in [6, 6.07) is -3.50. The Hall–Kier alpha value is -2.69. The van der Waals surface area contributed by atoms with Gasteiger partial charge >= 0.3 is 5.97 Å². The first-order valence-corrected chi connectivity index (χ1v) is 20.7. The van der Waals surface area contributed by atoms with E-state index in [0.717, 1.165) is 96.6 Å². The number of fused-ring (bicyclic) bond motifs is 1. The van der Waals surface area contributed by atoms with Crippen molar-refractivity contribution in [3.63, 3.8) is 0 Å².